The van der Waals surface area contributed by atoms with Gasteiger partial charge in [0.1, 0.15) is 0 Å². The van der Waals surface area contributed by atoms with Crippen molar-refractivity contribution in [3.8, 4) is 0 Å². The van der Waals surface area contributed by atoms with Crippen molar-refractivity contribution in [2.45, 2.75) is 64.3 Å². The number of carbonyl (C=O) groups is 1. The number of hydrogen-bond donors (Lipinski definition) is 0. The van der Waals surface area contributed by atoms with Crippen LogP contribution < -0.4 is 0 Å². The molecule has 4 saturated carbocycles. The van der Waals surface area contributed by atoms with Crippen LogP contribution in [0.15, 0.2) is 0 Å². The fourth-order valence-electron chi connectivity index (χ4n) is 6.07. The highest BCUT2D eigenvalue weighted by molar-refractivity contribution is 6.74. The molecule has 0 N–H and O–H groups in total. The maximum absolute atomic E-state index is 12.2. The molecule has 22 heavy (non-hydrogen) atoms. The molecule has 0 aliphatic heterocycles. The maximum atomic E-state index is 12.2. The average Bonchev–Trinajstić information content (AvgIpc) is 3.01. The van der Waals surface area contributed by atoms with Crippen molar-refractivity contribution in [2.75, 3.05) is 7.11 Å². The second-order valence-electron chi connectivity index (χ2n) is 9.63. The lowest BCUT2D eigenvalue weighted by Gasteiger charge is -2.67. The number of methoxy groups -OCH3 is 1. The Morgan fingerprint density at radius 1 is 1.18 bits per heavy atom. The van der Waals surface area contributed by atoms with Gasteiger partial charge in [-0.1, -0.05) is 20.8 Å². The van der Waals surface area contributed by atoms with Gasteiger partial charge in [0.15, 0.2) is 8.32 Å². The molecule has 0 heterocycles. The third-order valence-corrected chi connectivity index (χ3v) is 12.5. The summed E-state index contributed by atoms with van der Waals surface area (Å²) in [5.74, 6) is 3.02. The summed E-state index contributed by atoms with van der Waals surface area (Å²) in [4.78, 5) is 12.2. The molecule has 1 spiro atoms. The van der Waals surface area contributed by atoms with E-state index in [1.165, 1.54) is 12.8 Å². The second kappa shape index (κ2) is 4.18. The number of rotatable bonds is 3. The van der Waals surface area contributed by atoms with Crippen LogP contribution in [0.1, 0.15) is 40.0 Å². The Balaban J connectivity index is 1.58. The summed E-state index contributed by atoms with van der Waals surface area (Å²) in [7, 11) is -0.189. The van der Waals surface area contributed by atoms with Gasteiger partial charge in [0.05, 0.1) is 19.1 Å². The van der Waals surface area contributed by atoms with Crippen molar-refractivity contribution in [2.24, 2.45) is 35.0 Å². The van der Waals surface area contributed by atoms with Gasteiger partial charge in [-0.05, 0) is 61.1 Å². The van der Waals surface area contributed by atoms with Crippen LogP contribution in [0, 0.1) is 35.0 Å². The smallest absolute Gasteiger partial charge is 0.309 e. The number of hydrogen-bond acceptors (Lipinski definition) is 3. The van der Waals surface area contributed by atoms with Crippen molar-refractivity contribution in [3.05, 3.63) is 0 Å². The third-order valence-electron chi connectivity index (χ3n) is 8.00. The van der Waals surface area contributed by atoms with Gasteiger partial charge in [0.2, 0.25) is 0 Å². The summed E-state index contributed by atoms with van der Waals surface area (Å²) in [5, 5.41) is 0.259. The zero-order valence-electron chi connectivity index (χ0n) is 14.8. The molecule has 124 valence electrons. The van der Waals surface area contributed by atoms with E-state index in [4.69, 9.17) is 9.16 Å². The van der Waals surface area contributed by atoms with Gasteiger partial charge in [0, 0.05) is 5.41 Å². The molecule has 0 aromatic rings. The van der Waals surface area contributed by atoms with Crippen molar-refractivity contribution in [1.29, 1.82) is 0 Å². The Morgan fingerprint density at radius 2 is 1.86 bits per heavy atom. The first-order chi connectivity index (χ1) is 10.2. The van der Waals surface area contributed by atoms with Crippen LogP contribution in [-0.4, -0.2) is 27.5 Å². The van der Waals surface area contributed by atoms with Crippen LogP contribution in [0.5, 0.6) is 0 Å². The number of ether oxygens (including phenoxy) is 1. The molecule has 4 aliphatic rings. The Hall–Kier alpha value is -0.353. The zero-order valence-corrected chi connectivity index (χ0v) is 15.8. The minimum Gasteiger partial charge on any atom is -0.469 e. The summed E-state index contributed by atoms with van der Waals surface area (Å²) < 4.78 is 12.0. The number of carbonyl (C=O) groups excluding carboxylic acids is 1. The predicted molar refractivity (Wildman–Crippen MR) is 87.8 cm³/mol. The van der Waals surface area contributed by atoms with E-state index in [0.717, 1.165) is 18.3 Å². The lowest BCUT2D eigenvalue weighted by atomic mass is 9.38. The first kappa shape index (κ1) is 15.2. The van der Waals surface area contributed by atoms with Gasteiger partial charge in [-0.2, -0.15) is 0 Å². The highest BCUT2D eigenvalue weighted by atomic mass is 28.4. The summed E-state index contributed by atoms with van der Waals surface area (Å²) in [5.41, 5.74) is 0.360. The normalized spacial score (nSPS) is 48.5. The summed E-state index contributed by atoms with van der Waals surface area (Å²) in [6.07, 6.45) is 4.07. The van der Waals surface area contributed by atoms with Gasteiger partial charge < -0.3 is 9.16 Å². The van der Waals surface area contributed by atoms with Crippen molar-refractivity contribution < 1.29 is 14.0 Å². The third kappa shape index (κ3) is 1.54. The summed E-state index contributed by atoms with van der Waals surface area (Å²) in [6.45, 7) is 11.7. The first-order valence-corrected chi connectivity index (χ1v) is 11.8. The monoisotopic (exact) mass is 322 g/mol. The molecule has 7 atom stereocenters. The fraction of sp³-hybridized carbons (Fsp3) is 0.944. The topological polar surface area (TPSA) is 35.5 Å². The van der Waals surface area contributed by atoms with Crippen LogP contribution >= 0.6 is 0 Å². The molecular formula is C18H30O3Si. The standard InChI is InChI=1S/C18H30O3Si/c1-17(2,3)22(5,6)21-13-8-7-11-14(16(19)20-4)15-10-9-12(10)18(11,13)15/h10-15H,7-9H2,1-6H3/t10-,11-,12+,13?,14-,15-,18?/m0/s1. The number of fused-ring (bicyclic) bond motifs is 2. The quantitative estimate of drug-likeness (QED) is 0.585. The lowest BCUT2D eigenvalue weighted by molar-refractivity contribution is -0.236. The summed E-state index contributed by atoms with van der Waals surface area (Å²) >= 11 is 0. The Bertz CT molecular complexity index is 515. The average molecular weight is 323 g/mol. The molecule has 0 aromatic carbocycles. The minimum atomic E-state index is -1.73. The minimum absolute atomic E-state index is 0.0453. The molecule has 2 unspecified atom stereocenters. The highest BCUT2D eigenvalue weighted by Crippen LogP contribution is 2.87. The van der Waals surface area contributed by atoms with E-state index in [1.807, 2.05) is 0 Å². The van der Waals surface area contributed by atoms with Gasteiger partial charge in [-0.15, -0.1) is 0 Å². The predicted octanol–water partition coefficient (Wildman–Crippen LogP) is 3.84. The van der Waals surface area contributed by atoms with E-state index in [2.05, 4.69) is 33.9 Å². The molecule has 0 aromatic heterocycles. The van der Waals surface area contributed by atoms with Crippen LogP contribution in [0.3, 0.4) is 0 Å². The highest BCUT2D eigenvalue weighted by Gasteiger charge is 2.87. The van der Waals surface area contributed by atoms with E-state index in [0.29, 0.717) is 23.4 Å². The molecule has 4 aliphatic carbocycles. The lowest BCUT2D eigenvalue weighted by Crippen LogP contribution is -2.70. The first-order valence-electron chi connectivity index (χ1n) is 8.92. The zero-order chi connectivity index (χ0) is 16.1. The van der Waals surface area contributed by atoms with E-state index in [-0.39, 0.29) is 16.9 Å². The second-order valence-corrected chi connectivity index (χ2v) is 14.4. The molecule has 0 saturated heterocycles. The van der Waals surface area contributed by atoms with Crippen LogP contribution in [0.2, 0.25) is 18.1 Å². The Kier molecular flexibility index (Phi) is 2.89. The van der Waals surface area contributed by atoms with Crippen LogP contribution in [0.4, 0.5) is 0 Å². The molecule has 4 rings (SSSR count). The SMILES string of the molecule is COC(=O)[C@@H]1[C@@H]2[C@H]3C[C@H]3C23C(O[Si](C)(C)C(C)(C)C)CC[C@@H]13. The van der Waals surface area contributed by atoms with Gasteiger partial charge in [-0.25, -0.2) is 0 Å². The van der Waals surface area contributed by atoms with Gasteiger partial charge >= 0.3 is 5.97 Å². The van der Waals surface area contributed by atoms with E-state index >= 15 is 0 Å². The van der Waals surface area contributed by atoms with Crippen LogP contribution in [0.25, 0.3) is 0 Å². The van der Waals surface area contributed by atoms with Crippen molar-refractivity contribution in [1.82, 2.24) is 0 Å². The molecule has 0 bridgehead atoms. The molecule has 0 amide bonds. The maximum Gasteiger partial charge on any atom is 0.309 e. The molecule has 0 radical (unpaired) electrons. The molecular weight excluding hydrogens is 292 g/mol. The van der Waals surface area contributed by atoms with Crippen LogP contribution in [-0.2, 0) is 14.0 Å². The van der Waals surface area contributed by atoms with Gasteiger partial charge in [0.25, 0.3) is 0 Å². The molecule has 4 fully saturated rings. The molecule has 4 heteroatoms. The van der Waals surface area contributed by atoms with Crippen molar-refractivity contribution in [3.63, 3.8) is 0 Å². The Morgan fingerprint density at radius 3 is 2.45 bits per heavy atom. The fourth-order valence-corrected chi connectivity index (χ4v) is 7.46. The van der Waals surface area contributed by atoms with E-state index in [1.54, 1.807) is 7.11 Å². The largest absolute Gasteiger partial charge is 0.469 e. The molecule has 3 nitrogen and oxygen atoms in total. The van der Waals surface area contributed by atoms with Crippen molar-refractivity contribution >= 4 is 14.3 Å². The van der Waals surface area contributed by atoms with Gasteiger partial charge in [-0.3, -0.25) is 4.79 Å². The van der Waals surface area contributed by atoms with E-state index in [9.17, 15) is 4.79 Å². The summed E-state index contributed by atoms with van der Waals surface area (Å²) in [6, 6.07) is 0. The Labute approximate surface area is 135 Å². The van der Waals surface area contributed by atoms with E-state index < -0.39 is 8.32 Å². The number of esters is 1.